The van der Waals surface area contributed by atoms with Gasteiger partial charge in [-0.05, 0) is 38.3 Å². The minimum absolute atomic E-state index is 0.0362. The van der Waals surface area contributed by atoms with Crippen molar-refractivity contribution in [3.8, 4) is 5.75 Å². The van der Waals surface area contributed by atoms with Crippen molar-refractivity contribution >= 4 is 11.6 Å². The average molecular weight is 320 g/mol. The van der Waals surface area contributed by atoms with Crippen molar-refractivity contribution in [1.29, 1.82) is 0 Å². The quantitative estimate of drug-likeness (QED) is 0.640. The highest BCUT2D eigenvalue weighted by Crippen LogP contribution is 2.57. The van der Waals surface area contributed by atoms with Gasteiger partial charge < -0.3 is 15.2 Å². The van der Waals surface area contributed by atoms with E-state index in [0.29, 0.717) is 6.61 Å². The number of aromatic hydroxyl groups is 1. The molecule has 0 aromatic heterocycles. The molecule has 7 heteroatoms. The van der Waals surface area contributed by atoms with Crippen LogP contribution in [-0.2, 0) is 4.74 Å². The number of hydrogen-bond acceptors (Lipinski definition) is 5. The molecule has 1 aromatic carbocycles. The predicted octanol–water partition coefficient (Wildman–Crippen LogP) is 2.38. The van der Waals surface area contributed by atoms with E-state index in [1.54, 1.807) is 0 Å². The molecule has 2 fully saturated rings. The third-order valence-electron chi connectivity index (χ3n) is 5.18. The van der Waals surface area contributed by atoms with E-state index >= 15 is 0 Å². The fourth-order valence-corrected chi connectivity index (χ4v) is 3.69. The number of nitrogens with one attached hydrogen (secondary N) is 1. The molecule has 2 saturated carbocycles. The predicted molar refractivity (Wildman–Crippen MR) is 82.3 cm³/mol. The molecule has 23 heavy (non-hydrogen) atoms. The minimum Gasteiger partial charge on any atom is -0.502 e. The molecule has 2 aliphatic carbocycles. The van der Waals surface area contributed by atoms with Gasteiger partial charge in [0.25, 0.3) is 5.91 Å². The molecule has 0 bridgehead atoms. The van der Waals surface area contributed by atoms with E-state index in [0.717, 1.165) is 31.7 Å². The first-order valence-electron chi connectivity index (χ1n) is 7.88. The molecule has 0 heterocycles. The maximum Gasteiger partial charge on any atom is 0.311 e. The van der Waals surface area contributed by atoms with Crippen LogP contribution in [0.2, 0.25) is 0 Å². The molecule has 0 saturated heterocycles. The molecule has 2 aliphatic rings. The second-order valence-electron chi connectivity index (χ2n) is 6.25. The number of carbonyl (C=O) groups excluding carboxylic acids is 1. The average Bonchev–Trinajstić information content (AvgIpc) is 2.44. The first-order chi connectivity index (χ1) is 11.0. The molecule has 2 atom stereocenters. The fourth-order valence-electron chi connectivity index (χ4n) is 3.69. The third-order valence-corrected chi connectivity index (χ3v) is 5.18. The molecule has 124 valence electrons. The molecule has 3 rings (SSSR count). The summed E-state index contributed by atoms with van der Waals surface area (Å²) in [5.74, 6) is -0.790. The van der Waals surface area contributed by atoms with E-state index in [4.69, 9.17) is 4.74 Å². The fraction of sp³-hybridized carbons (Fsp3) is 0.562. The van der Waals surface area contributed by atoms with Crippen LogP contribution in [0, 0.1) is 15.5 Å². The number of rotatable bonds is 5. The Balaban J connectivity index is 1.71. The van der Waals surface area contributed by atoms with Gasteiger partial charge in [-0.3, -0.25) is 14.9 Å². The van der Waals surface area contributed by atoms with E-state index in [1.807, 2.05) is 6.92 Å². The summed E-state index contributed by atoms with van der Waals surface area (Å²) >= 11 is 0. The summed E-state index contributed by atoms with van der Waals surface area (Å²) in [7, 11) is 0. The van der Waals surface area contributed by atoms with E-state index < -0.39 is 16.4 Å². The van der Waals surface area contributed by atoms with Gasteiger partial charge in [0.15, 0.2) is 5.75 Å². The molecule has 7 nitrogen and oxygen atoms in total. The van der Waals surface area contributed by atoms with Gasteiger partial charge in [-0.1, -0.05) is 6.42 Å². The number of ether oxygens (including phenoxy) is 1. The maximum atomic E-state index is 12.4. The molecule has 1 spiro atoms. The van der Waals surface area contributed by atoms with E-state index in [2.05, 4.69) is 5.32 Å². The van der Waals surface area contributed by atoms with Crippen LogP contribution in [0.4, 0.5) is 5.69 Å². The Kier molecular flexibility index (Phi) is 3.97. The highest BCUT2D eigenvalue weighted by molar-refractivity contribution is 5.95. The number of nitro benzene ring substituents is 1. The first-order valence-corrected chi connectivity index (χ1v) is 7.88. The third kappa shape index (κ3) is 2.55. The molecule has 1 aromatic rings. The normalized spacial score (nSPS) is 24.6. The summed E-state index contributed by atoms with van der Waals surface area (Å²) in [5.41, 5.74) is -0.241. The molecule has 0 radical (unpaired) electrons. The van der Waals surface area contributed by atoms with Gasteiger partial charge >= 0.3 is 5.69 Å². The summed E-state index contributed by atoms with van der Waals surface area (Å²) in [5, 5.41) is 23.3. The maximum absolute atomic E-state index is 12.4. The Morgan fingerprint density at radius 3 is 2.83 bits per heavy atom. The zero-order valence-corrected chi connectivity index (χ0v) is 12.9. The van der Waals surface area contributed by atoms with Crippen LogP contribution in [0.3, 0.4) is 0 Å². The Hall–Kier alpha value is -2.15. The van der Waals surface area contributed by atoms with Crippen molar-refractivity contribution in [2.75, 3.05) is 6.61 Å². The van der Waals surface area contributed by atoms with E-state index in [1.165, 1.54) is 12.1 Å². The van der Waals surface area contributed by atoms with Crippen LogP contribution in [0.5, 0.6) is 5.75 Å². The van der Waals surface area contributed by atoms with Gasteiger partial charge in [-0.2, -0.15) is 0 Å². The number of benzene rings is 1. The van der Waals surface area contributed by atoms with Gasteiger partial charge in [-0.15, -0.1) is 0 Å². The van der Waals surface area contributed by atoms with Crippen molar-refractivity contribution in [3.05, 3.63) is 33.9 Å². The number of phenolic OH excluding ortho intramolecular Hbond substituents is 1. The number of phenols is 1. The topological polar surface area (TPSA) is 102 Å². The second kappa shape index (κ2) is 5.81. The minimum atomic E-state index is -0.700. The second-order valence-corrected chi connectivity index (χ2v) is 6.25. The lowest BCUT2D eigenvalue weighted by molar-refractivity contribution is -0.385. The van der Waals surface area contributed by atoms with Crippen molar-refractivity contribution in [2.45, 2.75) is 44.8 Å². The van der Waals surface area contributed by atoms with Gasteiger partial charge in [0, 0.05) is 29.7 Å². The molecule has 0 aliphatic heterocycles. The smallest absolute Gasteiger partial charge is 0.311 e. The zero-order valence-electron chi connectivity index (χ0n) is 12.9. The summed E-state index contributed by atoms with van der Waals surface area (Å²) in [6.07, 6.45) is 4.19. The highest BCUT2D eigenvalue weighted by Gasteiger charge is 2.59. The largest absolute Gasteiger partial charge is 0.502 e. The number of carbonyl (C=O) groups is 1. The Labute approximate surface area is 133 Å². The van der Waals surface area contributed by atoms with Gasteiger partial charge in [0.05, 0.1) is 11.0 Å². The van der Waals surface area contributed by atoms with Crippen LogP contribution in [0.25, 0.3) is 0 Å². The lowest BCUT2D eigenvalue weighted by atomic mass is 9.51. The molecular formula is C16H20N2O5. The number of nitro groups is 1. The summed E-state index contributed by atoms with van der Waals surface area (Å²) in [6.45, 7) is 2.63. The monoisotopic (exact) mass is 320 g/mol. The van der Waals surface area contributed by atoms with Crippen molar-refractivity contribution in [2.24, 2.45) is 5.41 Å². The number of amides is 1. The van der Waals surface area contributed by atoms with Gasteiger partial charge in [0.1, 0.15) is 0 Å². The highest BCUT2D eigenvalue weighted by atomic mass is 16.6. The van der Waals surface area contributed by atoms with Crippen LogP contribution >= 0.6 is 0 Å². The molecular weight excluding hydrogens is 300 g/mol. The van der Waals surface area contributed by atoms with Crippen LogP contribution in [0.1, 0.15) is 43.0 Å². The van der Waals surface area contributed by atoms with Crippen molar-refractivity contribution in [1.82, 2.24) is 5.32 Å². The van der Waals surface area contributed by atoms with Gasteiger partial charge in [0.2, 0.25) is 0 Å². The summed E-state index contributed by atoms with van der Waals surface area (Å²) in [6, 6.07) is 3.73. The van der Waals surface area contributed by atoms with Crippen LogP contribution in [0.15, 0.2) is 18.2 Å². The Bertz CT molecular complexity index is 641. The molecule has 2 N–H and O–H groups in total. The van der Waals surface area contributed by atoms with Crippen molar-refractivity contribution < 1.29 is 19.6 Å². The SMILES string of the molecule is CCO[C@H]1C[C@H](NC(=O)c2ccc(O)c([N+](=O)[O-])c2)C12CCC2. The summed E-state index contributed by atoms with van der Waals surface area (Å²) < 4.78 is 5.75. The van der Waals surface area contributed by atoms with E-state index in [9.17, 15) is 20.0 Å². The lowest BCUT2D eigenvalue weighted by Gasteiger charge is -2.61. The Morgan fingerprint density at radius 1 is 1.52 bits per heavy atom. The first kappa shape index (κ1) is 15.7. The lowest BCUT2D eigenvalue weighted by Crippen LogP contribution is -2.67. The molecule has 1 amide bonds. The zero-order chi connectivity index (χ0) is 16.6. The summed E-state index contributed by atoms with van der Waals surface area (Å²) in [4.78, 5) is 22.5. The number of nitrogens with zero attached hydrogens (tertiary/aromatic N) is 1. The van der Waals surface area contributed by atoms with Gasteiger partial charge in [-0.25, -0.2) is 0 Å². The number of hydrogen-bond donors (Lipinski definition) is 2. The van der Waals surface area contributed by atoms with Crippen LogP contribution < -0.4 is 5.32 Å². The standard InChI is InChI=1S/C16H20N2O5/c1-2-23-14-9-13(16(14)6-3-7-16)17-15(20)10-4-5-12(19)11(8-10)18(21)22/h4-5,8,13-14,19H,2-3,6-7,9H2,1H3,(H,17,20)/t13-,14-/m0/s1. The van der Waals surface area contributed by atoms with E-state index in [-0.39, 0.29) is 29.0 Å². The van der Waals surface area contributed by atoms with Crippen LogP contribution in [-0.4, -0.2) is 34.7 Å². The Morgan fingerprint density at radius 2 is 2.26 bits per heavy atom. The van der Waals surface area contributed by atoms with Crippen molar-refractivity contribution in [3.63, 3.8) is 0 Å². The molecule has 0 unspecified atom stereocenters.